The summed E-state index contributed by atoms with van der Waals surface area (Å²) in [4.78, 5) is 13.7. The minimum Gasteiger partial charge on any atom is -0.342 e. The topological polar surface area (TPSA) is 20.3 Å². The van der Waals surface area contributed by atoms with Crippen LogP contribution in [0, 0.1) is 11.8 Å². The molecule has 0 bridgehead atoms. The zero-order valence-corrected chi connectivity index (χ0v) is 9.05. The Kier molecular flexibility index (Phi) is 3.76. The van der Waals surface area contributed by atoms with Gasteiger partial charge in [0.2, 0.25) is 5.91 Å². The van der Waals surface area contributed by atoms with Crippen LogP contribution in [0.15, 0.2) is 0 Å². The first kappa shape index (κ1) is 10.6. The molecule has 1 atom stereocenters. The molecule has 0 aromatic rings. The molecule has 1 rings (SSSR count). The van der Waals surface area contributed by atoms with Gasteiger partial charge in [-0.15, -0.1) is 0 Å². The third-order valence-electron chi connectivity index (χ3n) is 2.85. The highest BCUT2D eigenvalue weighted by molar-refractivity contribution is 5.81. The smallest absolute Gasteiger partial charge is 0.225 e. The van der Waals surface area contributed by atoms with E-state index in [1.165, 1.54) is 0 Å². The van der Waals surface area contributed by atoms with Crippen molar-refractivity contribution in [3.05, 3.63) is 0 Å². The molecule has 1 saturated carbocycles. The van der Waals surface area contributed by atoms with Crippen molar-refractivity contribution in [3.8, 4) is 0 Å². The summed E-state index contributed by atoms with van der Waals surface area (Å²) in [5.74, 6) is 1.41. The zero-order valence-electron chi connectivity index (χ0n) is 9.05. The molecule has 1 amide bonds. The van der Waals surface area contributed by atoms with Crippen LogP contribution in [0.25, 0.3) is 0 Å². The molecule has 0 aromatic carbocycles. The summed E-state index contributed by atoms with van der Waals surface area (Å²) >= 11 is 0. The SMILES string of the molecule is CCC(C)CN(CC)C(=O)C1CC1. The summed E-state index contributed by atoms with van der Waals surface area (Å²) in [6.45, 7) is 8.29. The molecule has 0 N–H and O–H groups in total. The number of carbonyl (C=O) groups excluding carboxylic acids is 1. The zero-order chi connectivity index (χ0) is 9.84. The molecule has 0 saturated heterocycles. The monoisotopic (exact) mass is 183 g/mol. The third kappa shape index (κ3) is 3.02. The Hall–Kier alpha value is -0.530. The number of hydrogen-bond donors (Lipinski definition) is 0. The predicted octanol–water partition coefficient (Wildman–Crippen LogP) is 2.29. The van der Waals surface area contributed by atoms with Crippen molar-refractivity contribution >= 4 is 5.91 Å². The quantitative estimate of drug-likeness (QED) is 0.640. The lowest BCUT2D eigenvalue weighted by atomic mass is 10.1. The molecule has 76 valence electrons. The average molecular weight is 183 g/mol. The van der Waals surface area contributed by atoms with Gasteiger partial charge in [-0.3, -0.25) is 4.79 Å². The van der Waals surface area contributed by atoms with Gasteiger partial charge in [-0.1, -0.05) is 20.3 Å². The van der Waals surface area contributed by atoms with E-state index in [0.717, 1.165) is 32.4 Å². The van der Waals surface area contributed by atoms with Crippen LogP contribution in [0.2, 0.25) is 0 Å². The molecule has 0 spiro atoms. The Morgan fingerprint density at radius 3 is 2.46 bits per heavy atom. The molecule has 1 aliphatic rings. The highest BCUT2D eigenvalue weighted by Gasteiger charge is 2.32. The summed E-state index contributed by atoms with van der Waals surface area (Å²) in [5, 5.41) is 0. The van der Waals surface area contributed by atoms with Crippen molar-refractivity contribution in [1.29, 1.82) is 0 Å². The standard InChI is InChI=1S/C11H21NO/c1-4-9(3)8-12(5-2)11(13)10-6-7-10/h9-10H,4-8H2,1-3H3. The Morgan fingerprint density at radius 1 is 1.46 bits per heavy atom. The predicted molar refractivity (Wildman–Crippen MR) is 54.4 cm³/mol. The van der Waals surface area contributed by atoms with Crippen LogP contribution in [-0.4, -0.2) is 23.9 Å². The van der Waals surface area contributed by atoms with Crippen molar-refractivity contribution < 1.29 is 4.79 Å². The van der Waals surface area contributed by atoms with Gasteiger partial charge < -0.3 is 4.90 Å². The fourth-order valence-electron chi connectivity index (χ4n) is 1.47. The van der Waals surface area contributed by atoms with Gasteiger partial charge >= 0.3 is 0 Å². The van der Waals surface area contributed by atoms with Crippen LogP contribution in [0.4, 0.5) is 0 Å². The summed E-state index contributed by atoms with van der Waals surface area (Å²) in [7, 11) is 0. The molecule has 2 heteroatoms. The van der Waals surface area contributed by atoms with Crippen LogP contribution in [0.5, 0.6) is 0 Å². The maximum absolute atomic E-state index is 11.7. The minimum atomic E-state index is 0.379. The molecule has 1 aliphatic carbocycles. The molecular weight excluding hydrogens is 162 g/mol. The lowest BCUT2D eigenvalue weighted by Gasteiger charge is -2.24. The lowest BCUT2D eigenvalue weighted by molar-refractivity contribution is -0.132. The van der Waals surface area contributed by atoms with Crippen LogP contribution in [0.1, 0.15) is 40.0 Å². The normalized spacial score (nSPS) is 18.4. The van der Waals surface area contributed by atoms with Crippen molar-refractivity contribution in [2.75, 3.05) is 13.1 Å². The molecule has 1 fully saturated rings. The van der Waals surface area contributed by atoms with Crippen molar-refractivity contribution in [2.24, 2.45) is 11.8 Å². The van der Waals surface area contributed by atoms with Crippen LogP contribution >= 0.6 is 0 Å². The van der Waals surface area contributed by atoms with Gasteiger partial charge in [0.1, 0.15) is 0 Å². The maximum atomic E-state index is 11.7. The summed E-state index contributed by atoms with van der Waals surface area (Å²) in [5.41, 5.74) is 0. The lowest BCUT2D eigenvalue weighted by Crippen LogP contribution is -2.35. The fourth-order valence-corrected chi connectivity index (χ4v) is 1.47. The second-order valence-corrected chi connectivity index (χ2v) is 4.16. The molecule has 2 nitrogen and oxygen atoms in total. The molecular formula is C11H21NO. The van der Waals surface area contributed by atoms with Crippen LogP contribution in [-0.2, 0) is 4.79 Å². The van der Waals surface area contributed by atoms with Gasteiger partial charge in [-0.25, -0.2) is 0 Å². The van der Waals surface area contributed by atoms with E-state index in [-0.39, 0.29) is 0 Å². The molecule has 0 aromatic heterocycles. The van der Waals surface area contributed by atoms with Gasteiger partial charge in [0.25, 0.3) is 0 Å². The molecule has 0 radical (unpaired) electrons. The Bertz CT molecular complexity index is 175. The van der Waals surface area contributed by atoms with E-state index in [1.807, 2.05) is 4.90 Å². The number of rotatable bonds is 5. The largest absolute Gasteiger partial charge is 0.342 e. The van der Waals surface area contributed by atoms with Crippen LogP contribution < -0.4 is 0 Å². The molecule has 1 unspecified atom stereocenters. The van der Waals surface area contributed by atoms with Gasteiger partial charge in [0.15, 0.2) is 0 Å². The number of carbonyl (C=O) groups is 1. The fraction of sp³-hybridized carbons (Fsp3) is 0.909. The van der Waals surface area contributed by atoms with Gasteiger partial charge in [0, 0.05) is 19.0 Å². The molecule has 13 heavy (non-hydrogen) atoms. The second kappa shape index (κ2) is 4.64. The van der Waals surface area contributed by atoms with E-state index in [0.29, 0.717) is 17.7 Å². The second-order valence-electron chi connectivity index (χ2n) is 4.16. The first-order valence-corrected chi connectivity index (χ1v) is 5.47. The van der Waals surface area contributed by atoms with Gasteiger partial charge in [0.05, 0.1) is 0 Å². The van der Waals surface area contributed by atoms with E-state index in [2.05, 4.69) is 20.8 Å². The summed E-state index contributed by atoms with van der Waals surface area (Å²) in [6, 6.07) is 0. The van der Waals surface area contributed by atoms with Gasteiger partial charge in [-0.05, 0) is 25.7 Å². The number of amides is 1. The maximum Gasteiger partial charge on any atom is 0.225 e. The van der Waals surface area contributed by atoms with E-state index >= 15 is 0 Å². The van der Waals surface area contributed by atoms with E-state index in [1.54, 1.807) is 0 Å². The van der Waals surface area contributed by atoms with E-state index in [9.17, 15) is 4.79 Å². The van der Waals surface area contributed by atoms with E-state index in [4.69, 9.17) is 0 Å². The number of hydrogen-bond acceptors (Lipinski definition) is 1. The highest BCUT2D eigenvalue weighted by Crippen LogP contribution is 2.31. The van der Waals surface area contributed by atoms with Crippen molar-refractivity contribution in [1.82, 2.24) is 4.90 Å². The van der Waals surface area contributed by atoms with Crippen molar-refractivity contribution in [2.45, 2.75) is 40.0 Å². The Morgan fingerprint density at radius 2 is 2.08 bits per heavy atom. The third-order valence-corrected chi connectivity index (χ3v) is 2.85. The Balaban J connectivity index is 2.36. The summed E-state index contributed by atoms with van der Waals surface area (Å²) in [6.07, 6.45) is 3.40. The van der Waals surface area contributed by atoms with E-state index < -0.39 is 0 Å². The average Bonchev–Trinajstić information content (AvgIpc) is 2.95. The first-order valence-electron chi connectivity index (χ1n) is 5.47. The number of nitrogens with zero attached hydrogens (tertiary/aromatic N) is 1. The minimum absolute atomic E-state index is 0.379. The highest BCUT2D eigenvalue weighted by atomic mass is 16.2. The first-order chi connectivity index (χ1) is 6.19. The van der Waals surface area contributed by atoms with Crippen molar-refractivity contribution in [3.63, 3.8) is 0 Å². The Labute approximate surface area is 81.3 Å². The molecule has 0 heterocycles. The summed E-state index contributed by atoms with van der Waals surface area (Å²) < 4.78 is 0. The van der Waals surface area contributed by atoms with Crippen LogP contribution in [0.3, 0.4) is 0 Å². The molecule has 0 aliphatic heterocycles. The van der Waals surface area contributed by atoms with Gasteiger partial charge in [-0.2, -0.15) is 0 Å².